The van der Waals surface area contributed by atoms with Crippen LogP contribution in [-0.2, 0) is 6.54 Å². The van der Waals surface area contributed by atoms with E-state index in [0.29, 0.717) is 34.2 Å². The van der Waals surface area contributed by atoms with Gasteiger partial charge in [0.15, 0.2) is 0 Å². The highest BCUT2D eigenvalue weighted by Crippen LogP contribution is 2.26. The number of hydrogen-bond acceptors (Lipinski definition) is 3. The molecule has 0 aliphatic carbocycles. The number of amides is 1. The zero-order chi connectivity index (χ0) is 20.2. The molecule has 1 amide bonds. The largest absolute Gasteiger partial charge is 0.347 e. The van der Waals surface area contributed by atoms with E-state index in [1.54, 1.807) is 48.8 Å². The highest BCUT2D eigenvalue weighted by atomic mass is 35.5. The summed E-state index contributed by atoms with van der Waals surface area (Å²) in [7, 11) is 0. The molecule has 0 bridgehead atoms. The first-order valence-corrected chi connectivity index (χ1v) is 9.27. The molecule has 0 fully saturated rings. The summed E-state index contributed by atoms with van der Waals surface area (Å²) < 4.78 is 14.8. The number of carbonyl (C=O) groups is 1. The number of pyridine rings is 1. The SMILES string of the molecule is O=C(NCc1cccnc1)c1cc(-c2ccc(F)cc2)nn1-c1ccccc1Cl. The van der Waals surface area contributed by atoms with E-state index >= 15 is 0 Å². The van der Waals surface area contributed by atoms with E-state index in [2.05, 4.69) is 15.4 Å². The average Bonchev–Trinajstić information content (AvgIpc) is 3.19. The fourth-order valence-corrected chi connectivity index (χ4v) is 3.10. The molecule has 0 aliphatic heterocycles. The maximum Gasteiger partial charge on any atom is 0.270 e. The monoisotopic (exact) mass is 406 g/mol. The number of nitrogens with one attached hydrogen (secondary N) is 1. The Hall–Kier alpha value is -3.51. The fraction of sp³-hybridized carbons (Fsp3) is 0.0455. The van der Waals surface area contributed by atoms with Crippen LogP contribution in [0.4, 0.5) is 4.39 Å². The Morgan fingerprint density at radius 1 is 1.07 bits per heavy atom. The van der Waals surface area contributed by atoms with E-state index in [9.17, 15) is 9.18 Å². The Labute approximate surface area is 171 Å². The van der Waals surface area contributed by atoms with Gasteiger partial charge in [-0.1, -0.05) is 29.8 Å². The number of nitrogens with zero attached hydrogens (tertiary/aromatic N) is 3. The minimum Gasteiger partial charge on any atom is -0.347 e. The zero-order valence-electron chi connectivity index (χ0n) is 15.2. The van der Waals surface area contributed by atoms with E-state index in [4.69, 9.17) is 11.6 Å². The summed E-state index contributed by atoms with van der Waals surface area (Å²) in [5.74, 6) is -0.650. The van der Waals surface area contributed by atoms with Gasteiger partial charge in [0.2, 0.25) is 0 Å². The quantitative estimate of drug-likeness (QED) is 0.524. The van der Waals surface area contributed by atoms with Gasteiger partial charge in [0, 0.05) is 24.5 Å². The molecule has 0 saturated heterocycles. The predicted octanol–water partition coefficient (Wildman–Crippen LogP) is 4.66. The number of carbonyl (C=O) groups excluding carboxylic acids is 1. The summed E-state index contributed by atoms with van der Waals surface area (Å²) in [5.41, 5.74) is 3.01. The Bertz CT molecular complexity index is 1140. The van der Waals surface area contributed by atoms with E-state index in [0.717, 1.165) is 5.56 Å². The van der Waals surface area contributed by atoms with Crippen LogP contribution in [-0.4, -0.2) is 20.7 Å². The van der Waals surface area contributed by atoms with Gasteiger partial charge in [-0.15, -0.1) is 0 Å². The van der Waals surface area contributed by atoms with Crippen molar-refractivity contribution in [3.63, 3.8) is 0 Å². The molecule has 2 aromatic heterocycles. The van der Waals surface area contributed by atoms with Crippen molar-refractivity contribution < 1.29 is 9.18 Å². The lowest BCUT2D eigenvalue weighted by Crippen LogP contribution is -2.25. The normalized spacial score (nSPS) is 10.7. The third-order valence-corrected chi connectivity index (χ3v) is 4.66. The van der Waals surface area contributed by atoms with Gasteiger partial charge in [0.05, 0.1) is 16.4 Å². The van der Waals surface area contributed by atoms with Gasteiger partial charge in [-0.25, -0.2) is 9.07 Å². The Balaban J connectivity index is 1.71. The molecule has 2 aromatic carbocycles. The molecule has 29 heavy (non-hydrogen) atoms. The lowest BCUT2D eigenvalue weighted by molar-refractivity contribution is 0.0943. The summed E-state index contributed by atoms with van der Waals surface area (Å²) in [6, 6.07) is 18.4. The van der Waals surface area contributed by atoms with E-state index in [-0.39, 0.29) is 11.7 Å². The van der Waals surface area contributed by atoms with E-state index in [1.165, 1.54) is 16.8 Å². The summed E-state index contributed by atoms with van der Waals surface area (Å²) in [5, 5.41) is 7.89. The molecule has 0 radical (unpaired) electrons. The van der Waals surface area contributed by atoms with Crippen molar-refractivity contribution in [2.24, 2.45) is 0 Å². The van der Waals surface area contributed by atoms with Gasteiger partial charge in [0.1, 0.15) is 11.5 Å². The van der Waals surface area contributed by atoms with Gasteiger partial charge >= 0.3 is 0 Å². The molecule has 0 aliphatic rings. The van der Waals surface area contributed by atoms with Crippen molar-refractivity contribution in [2.45, 2.75) is 6.54 Å². The highest BCUT2D eigenvalue weighted by Gasteiger charge is 2.19. The molecule has 4 aromatic rings. The average molecular weight is 407 g/mol. The van der Waals surface area contributed by atoms with Gasteiger partial charge in [-0.2, -0.15) is 5.10 Å². The van der Waals surface area contributed by atoms with Crippen LogP contribution in [0.25, 0.3) is 16.9 Å². The van der Waals surface area contributed by atoms with Crippen molar-refractivity contribution >= 4 is 17.5 Å². The first kappa shape index (κ1) is 18.8. The van der Waals surface area contributed by atoms with Gasteiger partial charge in [-0.05, 0) is 54.1 Å². The Morgan fingerprint density at radius 2 is 1.86 bits per heavy atom. The number of rotatable bonds is 5. The molecule has 0 spiro atoms. The molecule has 1 N–H and O–H groups in total. The van der Waals surface area contributed by atoms with Crippen molar-refractivity contribution in [3.05, 3.63) is 101 Å². The van der Waals surface area contributed by atoms with Gasteiger partial charge < -0.3 is 5.32 Å². The lowest BCUT2D eigenvalue weighted by atomic mass is 10.1. The first-order chi connectivity index (χ1) is 14.1. The molecule has 0 atom stereocenters. The molecular weight excluding hydrogens is 391 g/mol. The molecule has 2 heterocycles. The standard InChI is InChI=1S/C22H16ClFN4O/c23-18-5-1-2-6-20(18)28-21(22(29)26-14-15-4-3-11-25-13-15)12-19(27-28)16-7-9-17(24)10-8-16/h1-13H,14H2,(H,26,29). The van der Waals surface area contributed by atoms with E-state index in [1.807, 2.05) is 18.2 Å². The summed E-state index contributed by atoms with van der Waals surface area (Å²) in [6.07, 6.45) is 3.36. The van der Waals surface area contributed by atoms with Crippen molar-refractivity contribution in [3.8, 4) is 16.9 Å². The molecule has 144 valence electrons. The second kappa shape index (κ2) is 8.24. The Morgan fingerprint density at radius 3 is 2.59 bits per heavy atom. The van der Waals surface area contributed by atoms with Crippen molar-refractivity contribution in [1.29, 1.82) is 0 Å². The molecular formula is C22H16ClFN4O. The number of hydrogen-bond donors (Lipinski definition) is 1. The second-order valence-electron chi connectivity index (χ2n) is 6.33. The maximum atomic E-state index is 13.3. The number of halogens is 2. The van der Waals surface area contributed by atoms with Crippen LogP contribution in [0.1, 0.15) is 16.1 Å². The van der Waals surface area contributed by atoms with Gasteiger partial charge in [0.25, 0.3) is 5.91 Å². The van der Waals surface area contributed by atoms with E-state index < -0.39 is 0 Å². The molecule has 0 unspecified atom stereocenters. The first-order valence-electron chi connectivity index (χ1n) is 8.90. The van der Waals surface area contributed by atoms with Gasteiger partial charge in [-0.3, -0.25) is 9.78 Å². The topological polar surface area (TPSA) is 59.8 Å². The molecule has 5 nitrogen and oxygen atoms in total. The summed E-state index contributed by atoms with van der Waals surface area (Å²) in [6.45, 7) is 0.326. The Kier molecular flexibility index (Phi) is 5.35. The van der Waals surface area contributed by atoms with Crippen LogP contribution in [0, 0.1) is 5.82 Å². The fourth-order valence-electron chi connectivity index (χ4n) is 2.89. The predicted molar refractivity (Wildman–Crippen MR) is 109 cm³/mol. The minimum absolute atomic E-state index is 0.311. The third kappa shape index (κ3) is 4.17. The minimum atomic E-state index is -0.339. The molecule has 7 heteroatoms. The van der Waals surface area contributed by atoms with Crippen LogP contribution in [0.3, 0.4) is 0 Å². The maximum absolute atomic E-state index is 13.3. The summed E-state index contributed by atoms with van der Waals surface area (Å²) >= 11 is 6.33. The highest BCUT2D eigenvalue weighted by molar-refractivity contribution is 6.32. The van der Waals surface area contributed by atoms with Crippen molar-refractivity contribution in [1.82, 2.24) is 20.1 Å². The lowest BCUT2D eigenvalue weighted by Gasteiger charge is -2.09. The number of aromatic nitrogens is 3. The van der Waals surface area contributed by atoms with Crippen molar-refractivity contribution in [2.75, 3.05) is 0 Å². The second-order valence-corrected chi connectivity index (χ2v) is 6.74. The van der Waals surface area contributed by atoms with Crippen LogP contribution < -0.4 is 5.32 Å². The summed E-state index contributed by atoms with van der Waals surface area (Å²) in [4.78, 5) is 17.0. The van der Waals surface area contributed by atoms with Crippen LogP contribution in [0.15, 0.2) is 79.1 Å². The van der Waals surface area contributed by atoms with Crippen LogP contribution in [0.2, 0.25) is 5.02 Å². The molecule has 4 rings (SSSR count). The molecule has 0 saturated carbocycles. The van der Waals surface area contributed by atoms with Crippen LogP contribution in [0.5, 0.6) is 0 Å². The van der Waals surface area contributed by atoms with Crippen LogP contribution >= 0.6 is 11.6 Å². The number of benzene rings is 2. The number of para-hydroxylation sites is 1. The smallest absolute Gasteiger partial charge is 0.270 e. The zero-order valence-corrected chi connectivity index (χ0v) is 16.0. The third-order valence-electron chi connectivity index (χ3n) is 4.34.